The molecule has 1 amide bonds. The third-order valence-electron chi connectivity index (χ3n) is 6.61. The molecule has 0 aliphatic heterocycles. The van der Waals surface area contributed by atoms with Crippen molar-refractivity contribution in [2.75, 3.05) is 6.54 Å². The molecule has 0 bridgehead atoms. The quantitative estimate of drug-likeness (QED) is 0.275. The first-order valence-electron chi connectivity index (χ1n) is 10.8. The van der Waals surface area contributed by atoms with Crippen molar-refractivity contribution < 1.29 is 4.79 Å². The lowest BCUT2D eigenvalue weighted by Crippen LogP contribution is -2.57. The van der Waals surface area contributed by atoms with E-state index in [0.29, 0.717) is 16.9 Å². The van der Waals surface area contributed by atoms with Gasteiger partial charge in [-0.15, -0.1) is 0 Å². The highest BCUT2D eigenvalue weighted by Gasteiger charge is 2.41. The first kappa shape index (κ1) is 21.8. The molecule has 0 heterocycles. The topological polar surface area (TPSA) is 117 Å². The number of hydrogen-bond donors (Lipinski definition) is 5. The smallest absolute Gasteiger partial charge is 0.251 e. The number of nitrogens with one attached hydrogen (secondary N) is 3. The van der Waals surface area contributed by atoms with E-state index in [-0.39, 0.29) is 30.0 Å². The van der Waals surface area contributed by atoms with Gasteiger partial charge in [-0.2, -0.15) is 0 Å². The fourth-order valence-electron chi connectivity index (χ4n) is 4.48. The normalized spacial score (nSPS) is 26.0. The van der Waals surface area contributed by atoms with Crippen LogP contribution in [0.2, 0.25) is 0 Å². The Bertz CT molecular complexity index is 725. The molecule has 1 aromatic rings. The van der Waals surface area contributed by atoms with Gasteiger partial charge in [0.05, 0.1) is 12.2 Å². The molecule has 0 spiro atoms. The Morgan fingerprint density at radius 3 is 2.24 bits per heavy atom. The highest BCUT2D eigenvalue weighted by Crippen LogP contribution is 2.45. The van der Waals surface area contributed by atoms with Gasteiger partial charge in [-0.1, -0.05) is 32.9 Å². The summed E-state index contributed by atoms with van der Waals surface area (Å²) in [5.74, 6) is 1.09. The Hall–Kier alpha value is -1.92. The molecule has 6 nitrogen and oxygen atoms in total. The van der Waals surface area contributed by atoms with Crippen LogP contribution in [0, 0.1) is 22.7 Å². The molecule has 29 heavy (non-hydrogen) atoms. The average molecular weight is 400 g/mol. The van der Waals surface area contributed by atoms with E-state index in [1.54, 1.807) is 0 Å². The van der Waals surface area contributed by atoms with E-state index in [0.717, 1.165) is 18.8 Å². The number of carbonyl (C=O) groups is 1. The summed E-state index contributed by atoms with van der Waals surface area (Å²) in [4.78, 5) is 12.2. The van der Waals surface area contributed by atoms with Crippen molar-refractivity contribution in [3.8, 4) is 0 Å². The zero-order valence-corrected chi connectivity index (χ0v) is 18.1. The second kappa shape index (κ2) is 8.44. The maximum atomic E-state index is 12.2. The molecule has 2 saturated carbocycles. The molecular weight excluding hydrogens is 362 g/mol. The van der Waals surface area contributed by atoms with Crippen molar-refractivity contribution in [3.63, 3.8) is 0 Å². The summed E-state index contributed by atoms with van der Waals surface area (Å²) < 4.78 is 0. The van der Waals surface area contributed by atoms with Crippen LogP contribution in [0.5, 0.6) is 0 Å². The van der Waals surface area contributed by atoms with Gasteiger partial charge < -0.3 is 16.8 Å². The summed E-state index contributed by atoms with van der Waals surface area (Å²) in [5.41, 5.74) is 13.9. The molecule has 0 unspecified atom stereocenters. The van der Waals surface area contributed by atoms with E-state index >= 15 is 0 Å². The van der Waals surface area contributed by atoms with Crippen LogP contribution in [-0.4, -0.2) is 24.0 Å². The molecule has 2 fully saturated rings. The van der Waals surface area contributed by atoms with Gasteiger partial charge in [-0.3, -0.25) is 15.5 Å². The molecular formula is C23H37N5O. The first-order valence-corrected chi connectivity index (χ1v) is 10.8. The highest BCUT2D eigenvalue weighted by molar-refractivity contribution is 5.96. The van der Waals surface area contributed by atoms with Crippen LogP contribution in [0.3, 0.4) is 0 Å². The Balaban J connectivity index is 1.65. The molecule has 160 valence electrons. The van der Waals surface area contributed by atoms with Gasteiger partial charge in [0, 0.05) is 11.6 Å². The van der Waals surface area contributed by atoms with Gasteiger partial charge in [0.25, 0.3) is 5.91 Å². The molecule has 0 radical (unpaired) electrons. The summed E-state index contributed by atoms with van der Waals surface area (Å²) in [7, 11) is 0. The Morgan fingerprint density at radius 1 is 1.17 bits per heavy atom. The largest absolute Gasteiger partial charge is 0.386 e. The number of rotatable bonds is 7. The average Bonchev–Trinajstić information content (AvgIpc) is 3.49. The van der Waals surface area contributed by atoms with Crippen molar-refractivity contribution >= 4 is 11.7 Å². The Kier molecular flexibility index (Phi) is 6.34. The van der Waals surface area contributed by atoms with Crippen LogP contribution in [0.1, 0.15) is 81.3 Å². The second-order valence-corrected chi connectivity index (χ2v) is 10.1. The Morgan fingerprint density at radius 2 is 1.76 bits per heavy atom. The van der Waals surface area contributed by atoms with Crippen molar-refractivity contribution in [2.45, 2.75) is 71.0 Å². The minimum absolute atomic E-state index is 0.0533. The maximum absolute atomic E-state index is 12.2. The van der Waals surface area contributed by atoms with E-state index < -0.39 is 0 Å². The predicted octanol–water partition coefficient (Wildman–Crippen LogP) is 3.28. The molecule has 6 heteroatoms. The Labute approximate surface area is 174 Å². The van der Waals surface area contributed by atoms with Crippen LogP contribution in [0.4, 0.5) is 0 Å². The van der Waals surface area contributed by atoms with E-state index in [9.17, 15) is 4.79 Å². The van der Waals surface area contributed by atoms with E-state index in [1.165, 1.54) is 31.2 Å². The van der Waals surface area contributed by atoms with Gasteiger partial charge in [0.15, 0.2) is 0 Å². The van der Waals surface area contributed by atoms with Crippen LogP contribution >= 0.6 is 0 Å². The monoisotopic (exact) mass is 399 g/mol. The molecule has 3 rings (SSSR count). The molecule has 1 atom stereocenters. The van der Waals surface area contributed by atoms with Gasteiger partial charge in [0.1, 0.15) is 5.84 Å². The third kappa shape index (κ3) is 5.80. The number of nitrogens with two attached hydrogens (primary N) is 2. The first-order chi connectivity index (χ1) is 13.6. The van der Waals surface area contributed by atoms with Gasteiger partial charge in [-0.05, 0) is 73.5 Å². The number of hydrogen-bond acceptors (Lipinski definition) is 4. The standard InChI is InChI=1S/C23H37N5O/c1-22(2,3)18-10-12-23(26,13-11-18)28-20(15-4-5-15)16-6-8-17(9-7-16)21(29)27-14-19(24)25/h6-9,15,18,20,28H,4-5,10-14,26H2,1-3H3,(H3,24,25)(H,27,29)/t18?,20-,23?/m1/s1. The van der Waals surface area contributed by atoms with Crippen molar-refractivity contribution in [2.24, 2.45) is 28.7 Å². The van der Waals surface area contributed by atoms with Crippen molar-refractivity contribution in [1.82, 2.24) is 10.6 Å². The number of benzene rings is 1. The summed E-state index contributed by atoms with van der Waals surface area (Å²) in [6, 6.07) is 8.00. The minimum atomic E-state index is -0.313. The molecule has 2 aliphatic rings. The van der Waals surface area contributed by atoms with E-state index in [2.05, 4.69) is 31.4 Å². The van der Waals surface area contributed by atoms with E-state index in [4.69, 9.17) is 16.9 Å². The minimum Gasteiger partial charge on any atom is -0.386 e. The van der Waals surface area contributed by atoms with Crippen molar-refractivity contribution in [3.05, 3.63) is 35.4 Å². The lowest BCUT2D eigenvalue weighted by atomic mass is 9.69. The lowest BCUT2D eigenvalue weighted by Gasteiger charge is -2.44. The molecule has 1 aromatic carbocycles. The van der Waals surface area contributed by atoms with Gasteiger partial charge in [-0.25, -0.2) is 0 Å². The number of amidine groups is 1. The fourth-order valence-corrected chi connectivity index (χ4v) is 4.48. The zero-order valence-electron chi connectivity index (χ0n) is 18.1. The number of carbonyl (C=O) groups excluding carboxylic acids is 1. The highest BCUT2D eigenvalue weighted by atomic mass is 16.1. The van der Waals surface area contributed by atoms with Crippen LogP contribution in [0.25, 0.3) is 0 Å². The lowest BCUT2D eigenvalue weighted by molar-refractivity contribution is 0.0958. The zero-order chi connectivity index (χ0) is 21.2. The summed E-state index contributed by atoms with van der Waals surface area (Å²) >= 11 is 0. The van der Waals surface area contributed by atoms with Crippen LogP contribution in [-0.2, 0) is 0 Å². The van der Waals surface area contributed by atoms with Gasteiger partial charge in [0.2, 0.25) is 0 Å². The molecule has 0 aromatic heterocycles. The van der Waals surface area contributed by atoms with E-state index in [1.807, 2.05) is 24.3 Å². The summed E-state index contributed by atoms with van der Waals surface area (Å²) in [6.45, 7) is 7.05. The molecule has 2 aliphatic carbocycles. The second-order valence-electron chi connectivity index (χ2n) is 10.1. The third-order valence-corrected chi connectivity index (χ3v) is 6.61. The summed E-state index contributed by atoms with van der Waals surface area (Å²) in [5, 5.41) is 13.7. The molecule has 0 saturated heterocycles. The summed E-state index contributed by atoms with van der Waals surface area (Å²) in [6.07, 6.45) is 6.78. The van der Waals surface area contributed by atoms with Gasteiger partial charge >= 0.3 is 0 Å². The predicted molar refractivity (Wildman–Crippen MR) is 118 cm³/mol. The molecule has 7 N–H and O–H groups in total. The SMILES string of the molecule is CC(C)(C)C1CCC(N)(N[C@@H](c2ccc(C(=O)NCC(=N)N)cc2)C2CC2)CC1. The number of amides is 1. The van der Waals surface area contributed by atoms with Crippen molar-refractivity contribution in [1.29, 1.82) is 5.41 Å². The maximum Gasteiger partial charge on any atom is 0.251 e. The fraction of sp³-hybridized carbons (Fsp3) is 0.652. The van der Waals surface area contributed by atoms with Crippen LogP contribution < -0.4 is 22.1 Å². The van der Waals surface area contributed by atoms with Crippen LogP contribution in [0.15, 0.2) is 24.3 Å².